The van der Waals surface area contributed by atoms with E-state index in [1.54, 1.807) is 38.5 Å². The number of nitrogens with zero attached hydrogens (tertiary/aromatic N) is 4. The van der Waals surface area contributed by atoms with Gasteiger partial charge in [-0.3, -0.25) is 15.1 Å². The summed E-state index contributed by atoms with van der Waals surface area (Å²) in [5, 5.41) is 17.6. The number of nitrogens with one attached hydrogen (secondary N) is 1. The van der Waals surface area contributed by atoms with Gasteiger partial charge in [-0.25, -0.2) is 0 Å². The Hall–Kier alpha value is -3.42. The number of benzene rings is 2. The molecule has 0 bridgehead atoms. The lowest BCUT2D eigenvalue weighted by Crippen LogP contribution is -2.24. The van der Waals surface area contributed by atoms with Gasteiger partial charge in [0.1, 0.15) is 11.5 Å². The first-order valence-electron chi connectivity index (χ1n) is 7.96. The number of hydrogen-bond donors (Lipinski definition) is 1. The highest BCUT2D eigenvalue weighted by Gasteiger charge is 2.21. The van der Waals surface area contributed by atoms with Crippen LogP contribution in [0.2, 0.25) is 0 Å². The van der Waals surface area contributed by atoms with Gasteiger partial charge in [0.2, 0.25) is 5.91 Å². The summed E-state index contributed by atoms with van der Waals surface area (Å²) < 4.78 is 10.3. The van der Waals surface area contributed by atoms with Crippen molar-refractivity contribution in [3.63, 3.8) is 0 Å². The van der Waals surface area contributed by atoms with E-state index in [9.17, 15) is 4.79 Å². The van der Waals surface area contributed by atoms with Gasteiger partial charge in [0, 0.05) is 11.5 Å². The van der Waals surface area contributed by atoms with E-state index in [1.165, 1.54) is 0 Å². The van der Waals surface area contributed by atoms with Gasteiger partial charge < -0.3 is 19.9 Å². The first kappa shape index (κ1) is 17.4. The van der Waals surface area contributed by atoms with Crippen LogP contribution >= 0.6 is 0 Å². The molecule has 0 unspecified atom stereocenters. The maximum atomic E-state index is 12.8. The molecule has 0 aliphatic carbocycles. The summed E-state index contributed by atoms with van der Waals surface area (Å²) in [6, 6.07) is 14.6. The normalized spacial score (nSPS) is 11.6. The summed E-state index contributed by atoms with van der Waals surface area (Å²) in [5.41, 5.74) is 1.61. The minimum atomic E-state index is -0.611. The number of aromatic nitrogens is 4. The Morgan fingerprint density at radius 3 is 2.19 bits per heavy atom. The van der Waals surface area contributed by atoms with Gasteiger partial charge in [-0.2, -0.15) is 5.21 Å². The molecule has 1 heterocycles. The Morgan fingerprint density at radius 2 is 1.65 bits per heavy atom. The van der Waals surface area contributed by atoms with Crippen LogP contribution in [0.5, 0.6) is 11.5 Å². The summed E-state index contributed by atoms with van der Waals surface area (Å²) >= 11 is 0. The number of methoxy groups -OCH3 is 2. The predicted molar refractivity (Wildman–Crippen MR) is 94.2 cm³/mol. The molecule has 0 saturated heterocycles. The number of rotatable bonds is 7. The highest BCUT2D eigenvalue weighted by atomic mass is 16.5. The van der Waals surface area contributed by atoms with Crippen LogP contribution in [0.3, 0.4) is 0 Å². The zero-order chi connectivity index (χ0) is 18.4. The smallest absolute Gasteiger partial charge is 0.232 e. The summed E-state index contributed by atoms with van der Waals surface area (Å²) in [5.74, 6) is 0.902. The van der Waals surface area contributed by atoms with Crippen molar-refractivity contribution in [1.29, 1.82) is 0 Å². The molecule has 0 fully saturated rings. The summed E-state index contributed by atoms with van der Waals surface area (Å²) in [6.45, 7) is 0. The van der Waals surface area contributed by atoms with Crippen molar-refractivity contribution in [2.45, 2.75) is 12.3 Å². The maximum absolute atomic E-state index is 12.8. The van der Waals surface area contributed by atoms with Crippen molar-refractivity contribution < 1.29 is 14.3 Å². The second-order valence-electron chi connectivity index (χ2n) is 5.56. The van der Waals surface area contributed by atoms with Crippen LogP contribution in [0, 0.1) is 0 Å². The molecular formula is C18H18N5O3-. The van der Waals surface area contributed by atoms with E-state index >= 15 is 0 Å². The lowest BCUT2D eigenvalue weighted by Gasteiger charge is -2.17. The third-order valence-corrected chi connectivity index (χ3v) is 3.92. The van der Waals surface area contributed by atoms with Crippen molar-refractivity contribution in [2.24, 2.45) is 0 Å². The Balaban J connectivity index is 1.77. The molecule has 1 atom stereocenters. The molecule has 3 aromatic rings. The molecule has 1 amide bonds. The molecule has 0 radical (unpaired) electrons. The molecule has 0 saturated carbocycles. The third kappa shape index (κ3) is 4.15. The number of hydrogen-bond acceptors (Lipinski definition) is 6. The summed E-state index contributed by atoms with van der Waals surface area (Å²) in [6.07, 6.45) is 0.416. The topological polar surface area (TPSA) is 100 Å². The minimum Gasteiger partial charge on any atom is -0.497 e. The first-order valence-corrected chi connectivity index (χ1v) is 7.96. The Kier molecular flexibility index (Phi) is 5.43. The molecule has 0 aliphatic rings. The van der Waals surface area contributed by atoms with Crippen LogP contribution in [-0.4, -0.2) is 35.7 Å². The fourth-order valence-electron chi connectivity index (χ4n) is 2.49. The van der Waals surface area contributed by atoms with E-state index in [-0.39, 0.29) is 11.7 Å². The van der Waals surface area contributed by atoms with E-state index in [4.69, 9.17) is 9.47 Å². The lowest BCUT2D eigenvalue weighted by atomic mass is 9.97. The zero-order valence-corrected chi connectivity index (χ0v) is 14.4. The first-order chi connectivity index (χ1) is 12.7. The van der Waals surface area contributed by atoms with Crippen LogP contribution < -0.4 is 19.9 Å². The van der Waals surface area contributed by atoms with Crippen LogP contribution in [0.25, 0.3) is 0 Å². The van der Waals surface area contributed by atoms with Crippen molar-refractivity contribution in [1.82, 2.24) is 20.6 Å². The zero-order valence-electron chi connectivity index (χ0n) is 14.4. The molecule has 2 aromatic carbocycles. The van der Waals surface area contributed by atoms with E-state index < -0.39 is 5.92 Å². The lowest BCUT2D eigenvalue weighted by molar-refractivity contribution is -0.117. The highest BCUT2D eigenvalue weighted by Crippen LogP contribution is 2.22. The quantitative estimate of drug-likeness (QED) is 0.692. The number of carbonyl (C=O) groups excluding carboxylic acids is 1. The average Bonchev–Trinajstić information content (AvgIpc) is 3.21. The molecule has 0 spiro atoms. The van der Waals surface area contributed by atoms with Gasteiger partial charge in [0.25, 0.3) is 0 Å². The van der Waals surface area contributed by atoms with Crippen molar-refractivity contribution in [2.75, 3.05) is 19.5 Å². The average molecular weight is 352 g/mol. The monoisotopic (exact) mass is 352 g/mol. The van der Waals surface area contributed by atoms with Crippen LogP contribution in [0.4, 0.5) is 5.69 Å². The van der Waals surface area contributed by atoms with Gasteiger partial charge in [0.05, 0.1) is 20.1 Å². The molecule has 3 rings (SSSR count). The Morgan fingerprint density at radius 1 is 1.04 bits per heavy atom. The number of anilines is 1. The third-order valence-electron chi connectivity index (χ3n) is 3.92. The van der Waals surface area contributed by atoms with Gasteiger partial charge in [0.15, 0.2) is 0 Å². The van der Waals surface area contributed by atoms with Crippen LogP contribution in [0.15, 0.2) is 48.5 Å². The van der Waals surface area contributed by atoms with Gasteiger partial charge in [-0.1, -0.05) is 12.1 Å². The van der Waals surface area contributed by atoms with Crippen molar-refractivity contribution in [3.8, 4) is 11.5 Å². The number of carbonyl (C=O) groups is 1. The van der Waals surface area contributed by atoms with E-state index in [0.29, 0.717) is 17.9 Å². The second kappa shape index (κ2) is 8.11. The molecule has 26 heavy (non-hydrogen) atoms. The maximum Gasteiger partial charge on any atom is 0.232 e. The molecule has 8 heteroatoms. The Bertz CT molecular complexity index is 832. The number of tetrazole rings is 1. The molecule has 1 aromatic heterocycles. The van der Waals surface area contributed by atoms with E-state index in [1.807, 2.05) is 24.3 Å². The van der Waals surface area contributed by atoms with E-state index in [2.05, 4.69) is 25.9 Å². The van der Waals surface area contributed by atoms with Crippen molar-refractivity contribution in [3.05, 3.63) is 59.9 Å². The standard InChI is InChI=1S/C18H19N5O3/c1-25-14-7-3-12(4-8-14)11-16(17-20-22-23-21-17)18(24)19-13-5-9-15(26-2)10-6-13/h3-10,16H,11H2,1-2H3,(H2,19,20,21,22,23,24)/p-1/t16-/m0/s1. The second-order valence-corrected chi connectivity index (χ2v) is 5.56. The molecule has 1 N–H and O–H groups in total. The fraction of sp³-hybridized carbons (Fsp3) is 0.222. The predicted octanol–water partition coefficient (Wildman–Crippen LogP) is 1.81. The Labute approximate surface area is 150 Å². The van der Waals surface area contributed by atoms with Crippen molar-refractivity contribution >= 4 is 11.6 Å². The van der Waals surface area contributed by atoms with Gasteiger partial charge in [-0.05, 0) is 48.4 Å². The molecule has 134 valence electrons. The van der Waals surface area contributed by atoms with E-state index in [0.717, 1.165) is 11.3 Å². The molecular weight excluding hydrogens is 334 g/mol. The number of ether oxygens (including phenoxy) is 2. The minimum absolute atomic E-state index is 0.235. The van der Waals surface area contributed by atoms with Crippen LogP contribution in [-0.2, 0) is 11.2 Å². The van der Waals surface area contributed by atoms with Crippen LogP contribution in [0.1, 0.15) is 17.3 Å². The number of amides is 1. The fourth-order valence-corrected chi connectivity index (χ4v) is 2.49. The largest absolute Gasteiger partial charge is 0.497 e. The summed E-state index contributed by atoms with van der Waals surface area (Å²) in [4.78, 5) is 12.8. The highest BCUT2D eigenvalue weighted by molar-refractivity contribution is 5.95. The van der Waals surface area contributed by atoms with Gasteiger partial charge >= 0.3 is 0 Å². The van der Waals surface area contributed by atoms with Gasteiger partial charge in [-0.15, -0.1) is 0 Å². The molecule has 0 aliphatic heterocycles. The molecule has 8 nitrogen and oxygen atoms in total. The SMILES string of the molecule is COc1ccc(C[C@H](C(=O)Nc2ccc(OC)cc2)c2nnn[n-]2)cc1. The summed E-state index contributed by atoms with van der Waals surface area (Å²) in [7, 11) is 3.19.